The number of anilines is 1. The van der Waals surface area contributed by atoms with E-state index in [9.17, 15) is 9.18 Å². The number of aryl methyl sites for hydroxylation is 1. The van der Waals surface area contributed by atoms with E-state index in [1.165, 1.54) is 13.2 Å². The van der Waals surface area contributed by atoms with Crippen LogP contribution in [0.1, 0.15) is 34.1 Å². The van der Waals surface area contributed by atoms with Gasteiger partial charge >= 0.3 is 5.97 Å². The van der Waals surface area contributed by atoms with Crippen molar-refractivity contribution in [3.8, 4) is 0 Å². The van der Waals surface area contributed by atoms with E-state index >= 15 is 0 Å². The zero-order chi connectivity index (χ0) is 15.0. The summed E-state index contributed by atoms with van der Waals surface area (Å²) in [4.78, 5) is 11.7. The van der Waals surface area contributed by atoms with Gasteiger partial charge in [-0.05, 0) is 30.5 Å². The Kier molecular flexibility index (Phi) is 3.32. The summed E-state index contributed by atoms with van der Waals surface area (Å²) in [7, 11) is 1.30. The molecule has 3 rings (SSSR count). The second-order valence-corrected chi connectivity index (χ2v) is 4.96. The van der Waals surface area contributed by atoms with Crippen LogP contribution in [-0.4, -0.2) is 34.6 Å². The molecule has 21 heavy (non-hydrogen) atoms. The van der Waals surface area contributed by atoms with Crippen molar-refractivity contribution in [2.75, 3.05) is 19.0 Å². The first-order valence-electron chi connectivity index (χ1n) is 6.65. The number of hydrogen-bond acceptors (Lipinski definition) is 5. The molecule has 1 aromatic carbocycles. The topological polar surface area (TPSA) is 69.0 Å². The number of carbonyl (C=O) groups is 1. The van der Waals surface area contributed by atoms with E-state index in [2.05, 4.69) is 20.4 Å². The summed E-state index contributed by atoms with van der Waals surface area (Å²) in [5, 5.41) is 11.0. The first-order chi connectivity index (χ1) is 10.1. The van der Waals surface area contributed by atoms with Crippen molar-refractivity contribution in [2.45, 2.75) is 19.4 Å². The lowest BCUT2D eigenvalue weighted by molar-refractivity contribution is 0.0595. The molecule has 0 fully saturated rings. The van der Waals surface area contributed by atoms with Crippen molar-refractivity contribution in [3.05, 3.63) is 40.8 Å². The van der Waals surface area contributed by atoms with Crippen molar-refractivity contribution in [1.82, 2.24) is 15.0 Å². The maximum Gasteiger partial charge on any atom is 0.362 e. The maximum atomic E-state index is 13.8. The molecular weight excluding hydrogens is 275 g/mol. The minimum Gasteiger partial charge on any atom is -0.464 e. The van der Waals surface area contributed by atoms with Gasteiger partial charge in [-0.15, -0.1) is 5.10 Å². The number of carbonyl (C=O) groups excluding carboxylic acids is 1. The van der Waals surface area contributed by atoms with Crippen molar-refractivity contribution in [2.24, 2.45) is 0 Å². The number of rotatable bonds is 2. The zero-order valence-electron chi connectivity index (χ0n) is 11.8. The van der Waals surface area contributed by atoms with Gasteiger partial charge in [0.15, 0.2) is 5.82 Å². The summed E-state index contributed by atoms with van der Waals surface area (Å²) < 4.78 is 20.1. The number of nitrogens with one attached hydrogen (secondary N) is 1. The van der Waals surface area contributed by atoms with Gasteiger partial charge in [-0.3, -0.25) is 0 Å². The molecule has 1 aromatic heterocycles. The van der Waals surface area contributed by atoms with Crippen LogP contribution in [0.4, 0.5) is 10.2 Å². The van der Waals surface area contributed by atoms with Crippen molar-refractivity contribution in [3.63, 3.8) is 0 Å². The quantitative estimate of drug-likeness (QED) is 0.856. The summed E-state index contributed by atoms with van der Waals surface area (Å²) in [6, 6.07) is 4.97. The van der Waals surface area contributed by atoms with Gasteiger partial charge in [0.05, 0.1) is 13.2 Å². The summed E-state index contributed by atoms with van der Waals surface area (Å²) in [6.07, 6.45) is 0.736. The van der Waals surface area contributed by atoms with Crippen LogP contribution >= 0.6 is 0 Å². The highest BCUT2D eigenvalue weighted by Gasteiger charge is 2.29. The molecule has 6 nitrogen and oxygen atoms in total. The van der Waals surface area contributed by atoms with Crippen LogP contribution < -0.4 is 5.32 Å². The van der Waals surface area contributed by atoms with E-state index < -0.39 is 5.97 Å². The molecular formula is C14H15FN4O2. The van der Waals surface area contributed by atoms with Crippen LogP contribution in [0.5, 0.6) is 0 Å². The average molecular weight is 290 g/mol. The van der Waals surface area contributed by atoms with E-state index in [4.69, 9.17) is 0 Å². The average Bonchev–Trinajstić information content (AvgIpc) is 2.93. The van der Waals surface area contributed by atoms with Crippen LogP contribution in [0.25, 0.3) is 0 Å². The fourth-order valence-electron chi connectivity index (χ4n) is 2.48. The predicted molar refractivity (Wildman–Crippen MR) is 73.7 cm³/mol. The molecule has 0 spiro atoms. The van der Waals surface area contributed by atoms with E-state index in [-0.39, 0.29) is 17.6 Å². The van der Waals surface area contributed by atoms with Crippen molar-refractivity contribution < 1.29 is 13.9 Å². The lowest BCUT2D eigenvalue weighted by Gasteiger charge is -2.25. The Morgan fingerprint density at radius 1 is 1.52 bits per heavy atom. The highest BCUT2D eigenvalue weighted by Crippen LogP contribution is 2.31. The lowest BCUT2D eigenvalue weighted by Crippen LogP contribution is -2.25. The van der Waals surface area contributed by atoms with Crippen LogP contribution in [-0.2, 0) is 4.74 Å². The molecule has 1 unspecified atom stereocenters. The molecule has 2 aromatic rings. The lowest BCUT2D eigenvalue weighted by atomic mass is 10.0. The van der Waals surface area contributed by atoms with E-state index in [1.807, 2.05) is 6.07 Å². The molecule has 0 amide bonds. The molecule has 1 atom stereocenters. The van der Waals surface area contributed by atoms with Gasteiger partial charge in [0.1, 0.15) is 5.82 Å². The molecule has 1 aliphatic rings. The minimum absolute atomic E-state index is 0.148. The fraction of sp³-hybridized carbons (Fsp3) is 0.357. The number of hydrogen-bond donors (Lipinski definition) is 1. The standard InChI is InChI=1S/C14H15FN4O2/c1-8-3-4-9(7-10(8)15)11-5-6-16-13-12(14(20)21-2)17-18-19(11)13/h3-4,7,11,16H,5-6H2,1-2H3. The van der Waals surface area contributed by atoms with E-state index in [1.54, 1.807) is 17.7 Å². The van der Waals surface area contributed by atoms with Gasteiger partial charge in [-0.2, -0.15) is 0 Å². The van der Waals surface area contributed by atoms with Gasteiger partial charge in [-0.25, -0.2) is 13.9 Å². The van der Waals surface area contributed by atoms with Crippen LogP contribution in [0.15, 0.2) is 18.2 Å². The number of ether oxygens (including phenoxy) is 1. The Labute approximate surface area is 120 Å². The molecule has 2 heterocycles. The second kappa shape index (κ2) is 5.16. The third kappa shape index (κ3) is 2.24. The molecule has 1 N–H and O–H groups in total. The Morgan fingerprint density at radius 3 is 3.05 bits per heavy atom. The van der Waals surface area contributed by atoms with Gasteiger partial charge in [0.25, 0.3) is 0 Å². The van der Waals surface area contributed by atoms with Gasteiger partial charge in [0, 0.05) is 6.54 Å². The second-order valence-electron chi connectivity index (χ2n) is 4.96. The number of fused-ring (bicyclic) bond motifs is 1. The van der Waals surface area contributed by atoms with Gasteiger partial charge in [0.2, 0.25) is 5.69 Å². The highest BCUT2D eigenvalue weighted by atomic mass is 19.1. The highest BCUT2D eigenvalue weighted by molar-refractivity contribution is 5.92. The Bertz CT molecular complexity index is 698. The van der Waals surface area contributed by atoms with Crippen LogP contribution in [0, 0.1) is 12.7 Å². The van der Waals surface area contributed by atoms with Gasteiger partial charge in [-0.1, -0.05) is 17.3 Å². The Hall–Kier alpha value is -2.44. The Balaban J connectivity index is 2.03. The summed E-state index contributed by atoms with van der Waals surface area (Å²) in [5.74, 6) is -0.278. The number of halogens is 1. The maximum absolute atomic E-state index is 13.8. The van der Waals surface area contributed by atoms with Crippen LogP contribution in [0.2, 0.25) is 0 Å². The number of methoxy groups -OCH3 is 1. The molecule has 110 valence electrons. The van der Waals surface area contributed by atoms with Crippen molar-refractivity contribution >= 4 is 11.8 Å². The normalized spacial score (nSPS) is 17.0. The third-order valence-electron chi connectivity index (χ3n) is 3.66. The number of benzene rings is 1. The fourth-order valence-corrected chi connectivity index (χ4v) is 2.48. The molecule has 0 radical (unpaired) electrons. The molecule has 1 aliphatic heterocycles. The summed E-state index contributed by atoms with van der Waals surface area (Å²) in [5.41, 5.74) is 1.55. The number of nitrogens with zero attached hydrogens (tertiary/aromatic N) is 3. The molecule has 0 saturated carbocycles. The van der Waals surface area contributed by atoms with Crippen molar-refractivity contribution in [1.29, 1.82) is 0 Å². The van der Waals surface area contributed by atoms with Crippen LogP contribution in [0.3, 0.4) is 0 Å². The molecule has 7 heteroatoms. The van der Waals surface area contributed by atoms with Gasteiger partial charge < -0.3 is 10.1 Å². The first kappa shape index (κ1) is 13.5. The predicted octanol–water partition coefficient (Wildman–Crippen LogP) is 1.92. The van der Waals surface area contributed by atoms with E-state index in [0.29, 0.717) is 17.9 Å². The summed E-state index contributed by atoms with van der Waals surface area (Å²) in [6.45, 7) is 2.37. The molecule has 0 bridgehead atoms. The SMILES string of the molecule is COC(=O)c1nnn2c1NCCC2c1ccc(C)c(F)c1. The monoisotopic (exact) mass is 290 g/mol. The molecule has 0 saturated heterocycles. The number of aromatic nitrogens is 3. The van der Waals surface area contributed by atoms with E-state index in [0.717, 1.165) is 12.0 Å². The smallest absolute Gasteiger partial charge is 0.362 e. The third-order valence-corrected chi connectivity index (χ3v) is 3.66. The first-order valence-corrected chi connectivity index (χ1v) is 6.65. The zero-order valence-corrected chi connectivity index (χ0v) is 11.8. The largest absolute Gasteiger partial charge is 0.464 e. The Morgan fingerprint density at radius 2 is 2.33 bits per heavy atom. The minimum atomic E-state index is -0.542. The number of esters is 1. The molecule has 0 aliphatic carbocycles. The summed E-state index contributed by atoms with van der Waals surface area (Å²) >= 11 is 0.